The minimum absolute atomic E-state index is 0.460. The summed E-state index contributed by atoms with van der Waals surface area (Å²) in [6.45, 7) is 1.14. The predicted octanol–water partition coefficient (Wildman–Crippen LogP) is 5.03. The van der Waals surface area contributed by atoms with Gasteiger partial charge in [0.25, 0.3) is 0 Å². The number of nitrogens with one attached hydrogen (secondary N) is 2. The van der Waals surface area contributed by atoms with Gasteiger partial charge in [0.2, 0.25) is 0 Å². The van der Waals surface area contributed by atoms with Gasteiger partial charge >= 0.3 is 0 Å². The first-order chi connectivity index (χ1) is 13.7. The maximum atomic E-state index is 5.95. The molecule has 0 saturated heterocycles. The molecular weight excluding hydrogens is 434 g/mol. The average Bonchev–Trinajstić information content (AvgIpc) is 2.73. The zero-order valence-corrected chi connectivity index (χ0v) is 17.5. The number of rotatable bonds is 7. The summed E-state index contributed by atoms with van der Waals surface area (Å²) in [6, 6.07) is 25.9. The molecule has 0 heterocycles. The topological polar surface area (TPSA) is 45.7 Å². The second-order valence-corrected chi connectivity index (χ2v) is 7.32. The van der Waals surface area contributed by atoms with Gasteiger partial charge in [-0.25, -0.2) is 0 Å². The van der Waals surface area contributed by atoms with Crippen molar-refractivity contribution >= 4 is 39.5 Å². The molecule has 3 rings (SSSR count). The van der Waals surface area contributed by atoms with Gasteiger partial charge in [0, 0.05) is 16.6 Å². The van der Waals surface area contributed by atoms with Crippen molar-refractivity contribution in [1.29, 1.82) is 0 Å². The van der Waals surface area contributed by atoms with Crippen LogP contribution in [0.1, 0.15) is 16.7 Å². The van der Waals surface area contributed by atoms with E-state index in [9.17, 15) is 0 Å². The standard InChI is InChI=1S/C22H20BrN3OS/c23-20-11-12-21(27-16-18-9-5-2-6-10-18)19(13-20)15-25-26-22(28)24-14-17-7-3-1-4-8-17/h1-13,15H,14,16H2,(H2,24,26,28)/b25-15+. The van der Waals surface area contributed by atoms with Crippen LogP contribution in [-0.4, -0.2) is 11.3 Å². The molecule has 142 valence electrons. The molecule has 0 unspecified atom stereocenters. The summed E-state index contributed by atoms with van der Waals surface area (Å²) < 4.78 is 6.90. The van der Waals surface area contributed by atoms with Crippen molar-refractivity contribution in [3.8, 4) is 5.75 Å². The van der Waals surface area contributed by atoms with Gasteiger partial charge in [-0.2, -0.15) is 5.10 Å². The lowest BCUT2D eigenvalue weighted by Gasteiger charge is -2.10. The van der Waals surface area contributed by atoms with E-state index < -0.39 is 0 Å². The highest BCUT2D eigenvalue weighted by atomic mass is 79.9. The van der Waals surface area contributed by atoms with Gasteiger partial charge in [0.05, 0.1) is 6.21 Å². The highest BCUT2D eigenvalue weighted by Crippen LogP contribution is 2.22. The first-order valence-electron chi connectivity index (χ1n) is 8.78. The van der Waals surface area contributed by atoms with Crippen molar-refractivity contribution in [2.24, 2.45) is 5.10 Å². The molecule has 28 heavy (non-hydrogen) atoms. The largest absolute Gasteiger partial charge is 0.488 e. The quantitative estimate of drug-likeness (QED) is 0.299. The lowest BCUT2D eigenvalue weighted by atomic mass is 10.2. The van der Waals surface area contributed by atoms with Crippen molar-refractivity contribution < 1.29 is 4.74 Å². The number of hydrogen-bond acceptors (Lipinski definition) is 3. The molecule has 0 aliphatic heterocycles. The van der Waals surface area contributed by atoms with Crippen molar-refractivity contribution in [1.82, 2.24) is 10.7 Å². The Hall–Kier alpha value is -2.70. The lowest BCUT2D eigenvalue weighted by Crippen LogP contribution is -2.31. The molecule has 4 nitrogen and oxygen atoms in total. The van der Waals surface area contributed by atoms with Crippen LogP contribution in [0.2, 0.25) is 0 Å². The Kier molecular flexibility index (Phi) is 7.58. The summed E-state index contributed by atoms with van der Waals surface area (Å²) in [5.41, 5.74) is 5.95. The SMILES string of the molecule is S=C(NCc1ccccc1)N/N=C/c1cc(Br)ccc1OCc1ccccc1. The van der Waals surface area contributed by atoms with E-state index in [0.717, 1.165) is 26.9 Å². The van der Waals surface area contributed by atoms with Gasteiger partial charge in [-0.05, 0) is 41.5 Å². The van der Waals surface area contributed by atoms with E-state index in [1.165, 1.54) is 0 Å². The zero-order valence-electron chi connectivity index (χ0n) is 15.1. The second-order valence-electron chi connectivity index (χ2n) is 5.99. The highest BCUT2D eigenvalue weighted by Gasteiger charge is 2.04. The molecular formula is C22H20BrN3OS. The molecule has 0 aromatic heterocycles. The molecule has 3 aromatic carbocycles. The van der Waals surface area contributed by atoms with Gasteiger partial charge in [-0.15, -0.1) is 0 Å². The fourth-order valence-electron chi connectivity index (χ4n) is 2.47. The molecule has 0 atom stereocenters. The van der Waals surface area contributed by atoms with Crippen LogP contribution in [0.5, 0.6) is 5.75 Å². The number of hydrogen-bond donors (Lipinski definition) is 2. The molecule has 6 heteroatoms. The van der Waals surface area contributed by atoms with Gasteiger partial charge in [0.1, 0.15) is 12.4 Å². The fourth-order valence-corrected chi connectivity index (χ4v) is 2.97. The normalized spacial score (nSPS) is 10.6. The van der Waals surface area contributed by atoms with Crippen LogP contribution in [0.3, 0.4) is 0 Å². The smallest absolute Gasteiger partial charge is 0.187 e. The number of thiocarbonyl (C=S) groups is 1. The molecule has 0 aliphatic carbocycles. The van der Waals surface area contributed by atoms with Gasteiger partial charge in [0.15, 0.2) is 5.11 Å². The first-order valence-corrected chi connectivity index (χ1v) is 9.98. The minimum Gasteiger partial charge on any atom is -0.488 e. The van der Waals surface area contributed by atoms with Gasteiger partial charge in [-0.1, -0.05) is 76.6 Å². The van der Waals surface area contributed by atoms with Crippen LogP contribution in [-0.2, 0) is 13.2 Å². The number of halogens is 1. The summed E-state index contributed by atoms with van der Waals surface area (Å²) in [5.74, 6) is 0.751. The summed E-state index contributed by atoms with van der Waals surface area (Å²) in [7, 11) is 0. The molecule has 0 spiro atoms. The van der Waals surface area contributed by atoms with E-state index in [1.54, 1.807) is 6.21 Å². The average molecular weight is 454 g/mol. The Morgan fingerprint density at radius 3 is 2.36 bits per heavy atom. The fraction of sp³-hybridized carbons (Fsp3) is 0.0909. The van der Waals surface area contributed by atoms with Crippen molar-refractivity contribution in [3.63, 3.8) is 0 Å². The third kappa shape index (κ3) is 6.48. The Balaban J connectivity index is 1.56. The van der Waals surface area contributed by atoms with Crippen LogP contribution < -0.4 is 15.5 Å². The molecule has 3 aromatic rings. The number of ether oxygens (including phenoxy) is 1. The van der Waals surface area contributed by atoms with Gasteiger partial charge in [-0.3, -0.25) is 5.43 Å². The third-order valence-electron chi connectivity index (χ3n) is 3.87. The van der Waals surface area contributed by atoms with E-state index in [0.29, 0.717) is 18.3 Å². The third-order valence-corrected chi connectivity index (χ3v) is 4.60. The number of nitrogens with zero attached hydrogens (tertiary/aromatic N) is 1. The van der Waals surface area contributed by atoms with Crippen molar-refractivity contribution in [2.75, 3.05) is 0 Å². The maximum absolute atomic E-state index is 5.95. The molecule has 0 fully saturated rings. The molecule has 0 bridgehead atoms. The van der Waals surface area contributed by atoms with Crippen LogP contribution in [0.25, 0.3) is 0 Å². The van der Waals surface area contributed by atoms with E-state index in [2.05, 4.69) is 31.8 Å². The zero-order chi connectivity index (χ0) is 19.6. The monoisotopic (exact) mass is 453 g/mol. The van der Waals surface area contributed by atoms with Crippen LogP contribution >= 0.6 is 28.1 Å². The summed E-state index contributed by atoms with van der Waals surface area (Å²) in [4.78, 5) is 0. The second kappa shape index (κ2) is 10.6. The number of benzene rings is 3. The Bertz CT molecular complexity index is 933. The number of hydrazone groups is 1. The van der Waals surface area contributed by atoms with Gasteiger partial charge < -0.3 is 10.1 Å². The van der Waals surface area contributed by atoms with Crippen molar-refractivity contribution in [2.45, 2.75) is 13.2 Å². The molecule has 0 amide bonds. The van der Waals surface area contributed by atoms with E-state index in [-0.39, 0.29) is 0 Å². The molecule has 2 N–H and O–H groups in total. The summed E-state index contributed by atoms with van der Waals surface area (Å²) in [6.07, 6.45) is 1.70. The van der Waals surface area contributed by atoms with Crippen LogP contribution in [0, 0.1) is 0 Å². The van der Waals surface area contributed by atoms with E-state index >= 15 is 0 Å². The van der Waals surface area contributed by atoms with Crippen LogP contribution in [0.4, 0.5) is 0 Å². The molecule has 0 saturated carbocycles. The maximum Gasteiger partial charge on any atom is 0.187 e. The minimum atomic E-state index is 0.460. The highest BCUT2D eigenvalue weighted by molar-refractivity contribution is 9.10. The van der Waals surface area contributed by atoms with E-state index in [1.807, 2.05) is 78.9 Å². The predicted molar refractivity (Wildman–Crippen MR) is 122 cm³/mol. The first kappa shape index (κ1) is 20.0. The van der Waals surface area contributed by atoms with Crippen LogP contribution in [0.15, 0.2) is 88.4 Å². The Labute approximate surface area is 178 Å². The van der Waals surface area contributed by atoms with E-state index in [4.69, 9.17) is 17.0 Å². The lowest BCUT2D eigenvalue weighted by molar-refractivity contribution is 0.306. The van der Waals surface area contributed by atoms with Crippen molar-refractivity contribution in [3.05, 3.63) is 100 Å². The summed E-state index contributed by atoms with van der Waals surface area (Å²) in [5, 5.41) is 7.82. The molecule has 0 aliphatic rings. The Morgan fingerprint density at radius 2 is 1.64 bits per heavy atom. The molecule has 0 radical (unpaired) electrons. The summed E-state index contributed by atoms with van der Waals surface area (Å²) >= 11 is 8.75. The Morgan fingerprint density at radius 1 is 0.964 bits per heavy atom.